The summed E-state index contributed by atoms with van der Waals surface area (Å²) in [6, 6.07) is 8.22. The van der Waals surface area contributed by atoms with Gasteiger partial charge in [0.2, 0.25) is 0 Å². The van der Waals surface area contributed by atoms with E-state index in [2.05, 4.69) is 35.0 Å². The van der Waals surface area contributed by atoms with Crippen molar-refractivity contribution in [2.75, 3.05) is 0 Å². The number of rotatable bonds is 4. The van der Waals surface area contributed by atoms with Gasteiger partial charge in [-0.2, -0.15) is 0 Å². The fourth-order valence-corrected chi connectivity index (χ4v) is 3.56. The summed E-state index contributed by atoms with van der Waals surface area (Å²) in [6.45, 7) is 2.27. The molecule has 0 aliphatic heterocycles. The fourth-order valence-electron chi connectivity index (χ4n) is 3.11. The van der Waals surface area contributed by atoms with Crippen LogP contribution in [0.25, 0.3) is 0 Å². The molecular formula is C16H23BrO. The summed E-state index contributed by atoms with van der Waals surface area (Å²) in [4.78, 5) is 0. The van der Waals surface area contributed by atoms with Crippen LogP contribution in [0.3, 0.4) is 0 Å². The highest BCUT2D eigenvalue weighted by Crippen LogP contribution is 2.34. The van der Waals surface area contributed by atoms with Crippen molar-refractivity contribution in [3.63, 3.8) is 0 Å². The van der Waals surface area contributed by atoms with Crippen LogP contribution in [0.4, 0.5) is 0 Å². The second kappa shape index (κ2) is 6.72. The molecule has 0 aromatic heterocycles. The highest BCUT2D eigenvalue weighted by molar-refractivity contribution is 9.10. The van der Waals surface area contributed by atoms with E-state index in [0.717, 1.165) is 16.8 Å². The largest absolute Gasteiger partial charge is 0.392 e. The van der Waals surface area contributed by atoms with E-state index in [9.17, 15) is 5.11 Å². The van der Waals surface area contributed by atoms with Crippen LogP contribution >= 0.6 is 15.9 Å². The van der Waals surface area contributed by atoms with E-state index >= 15 is 0 Å². The van der Waals surface area contributed by atoms with E-state index in [0.29, 0.717) is 5.92 Å². The summed E-state index contributed by atoms with van der Waals surface area (Å²) in [5.41, 5.74) is 1.23. The molecule has 2 heteroatoms. The normalized spacial score (nSPS) is 25.9. The molecule has 0 radical (unpaired) electrons. The van der Waals surface area contributed by atoms with E-state index in [1.54, 1.807) is 0 Å². The predicted octanol–water partition coefficient (Wildman–Crippen LogP) is 4.57. The first-order chi connectivity index (χ1) is 8.70. The molecule has 1 saturated carbocycles. The Kier molecular flexibility index (Phi) is 5.25. The van der Waals surface area contributed by atoms with Crippen molar-refractivity contribution >= 4 is 15.9 Å². The molecule has 100 valence electrons. The minimum Gasteiger partial charge on any atom is -0.392 e. The molecule has 1 N–H and O–H groups in total. The average molecular weight is 311 g/mol. The first-order valence-electron chi connectivity index (χ1n) is 7.12. The van der Waals surface area contributed by atoms with Gasteiger partial charge < -0.3 is 5.11 Å². The lowest BCUT2D eigenvalue weighted by Crippen LogP contribution is -2.28. The molecule has 1 aromatic carbocycles. The van der Waals surface area contributed by atoms with Crippen LogP contribution in [0, 0.1) is 11.8 Å². The molecule has 0 amide bonds. The molecule has 2 rings (SSSR count). The van der Waals surface area contributed by atoms with Crippen LogP contribution in [0.2, 0.25) is 0 Å². The number of hydrogen-bond donors (Lipinski definition) is 1. The zero-order valence-corrected chi connectivity index (χ0v) is 12.7. The summed E-state index contributed by atoms with van der Waals surface area (Å²) in [7, 11) is 0. The minimum atomic E-state index is -0.182. The van der Waals surface area contributed by atoms with Crippen molar-refractivity contribution < 1.29 is 5.11 Å². The van der Waals surface area contributed by atoms with Crippen molar-refractivity contribution in [3.05, 3.63) is 34.3 Å². The third-order valence-electron chi connectivity index (χ3n) is 4.33. The van der Waals surface area contributed by atoms with E-state index in [-0.39, 0.29) is 6.10 Å². The van der Waals surface area contributed by atoms with Crippen molar-refractivity contribution in [2.45, 2.75) is 51.6 Å². The Hall–Kier alpha value is -0.340. The van der Waals surface area contributed by atoms with Gasteiger partial charge in [-0.25, -0.2) is 0 Å². The number of benzene rings is 1. The summed E-state index contributed by atoms with van der Waals surface area (Å²) < 4.78 is 1.12. The van der Waals surface area contributed by atoms with Crippen LogP contribution in [0.15, 0.2) is 28.7 Å². The van der Waals surface area contributed by atoms with Crippen LogP contribution in [0.1, 0.15) is 44.6 Å². The fraction of sp³-hybridized carbons (Fsp3) is 0.625. The van der Waals surface area contributed by atoms with Gasteiger partial charge in [0.05, 0.1) is 6.10 Å². The molecule has 3 atom stereocenters. The van der Waals surface area contributed by atoms with E-state index < -0.39 is 0 Å². The molecule has 0 bridgehead atoms. The monoisotopic (exact) mass is 310 g/mol. The third kappa shape index (κ3) is 3.58. The molecule has 18 heavy (non-hydrogen) atoms. The molecule has 0 heterocycles. The van der Waals surface area contributed by atoms with Crippen molar-refractivity contribution in [1.29, 1.82) is 0 Å². The SMILES string of the molecule is CCC1CCCC(C(O)Cc2ccccc2Br)C1. The van der Waals surface area contributed by atoms with Crippen LogP contribution < -0.4 is 0 Å². The summed E-state index contributed by atoms with van der Waals surface area (Å²) in [6.07, 6.45) is 6.91. The Bertz CT molecular complexity index is 377. The smallest absolute Gasteiger partial charge is 0.0609 e. The summed E-state index contributed by atoms with van der Waals surface area (Å²) >= 11 is 3.56. The van der Waals surface area contributed by atoms with Gasteiger partial charge in [0.1, 0.15) is 0 Å². The second-order valence-corrected chi connectivity index (χ2v) is 6.42. The maximum atomic E-state index is 10.4. The van der Waals surface area contributed by atoms with Gasteiger partial charge in [-0.1, -0.05) is 60.3 Å². The Balaban J connectivity index is 1.95. The standard InChI is InChI=1S/C16H23BrO/c1-2-12-6-5-8-14(10-12)16(18)11-13-7-3-4-9-15(13)17/h3-4,7,9,12,14,16,18H,2,5-6,8,10-11H2,1H3. The lowest BCUT2D eigenvalue weighted by Gasteiger charge is -2.32. The topological polar surface area (TPSA) is 20.2 Å². The quantitative estimate of drug-likeness (QED) is 0.863. The van der Waals surface area contributed by atoms with Gasteiger partial charge in [-0.05, 0) is 42.7 Å². The van der Waals surface area contributed by atoms with E-state index in [1.807, 2.05) is 12.1 Å². The highest BCUT2D eigenvalue weighted by atomic mass is 79.9. The molecule has 1 aromatic rings. The third-order valence-corrected chi connectivity index (χ3v) is 5.11. The van der Waals surface area contributed by atoms with Gasteiger partial charge >= 0.3 is 0 Å². The summed E-state index contributed by atoms with van der Waals surface area (Å²) in [5.74, 6) is 1.33. The molecule has 0 saturated heterocycles. The number of aliphatic hydroxyl groups is 1. The van der Waals surface area contributed by atoms with Crippen LogP contribution in [-0.4, -0.2) is 11.2 Å². The number of aliphatic hydroxyl groups excluding tert-OH is 1. The lowest BCUT2D eigenvalue weighted by atomic mass is 9.76. The Labute approximate surface area is 119 Å². The predicted molar refractivity (Wildman–Crippen MR) is 79.6 cm³/mol. The van der Waals surface area contributed by atoms with E-state index in [4.69, 9.17) is 0 Å². The Morgan fingerprint density at radius 2 is 2.11 bits per heavy atom. The van der Waals surface area contributed by atoms with Crippen molar-refractivity contribution in [1.82, 2.24) is 0 Å². The maximum absolute atomic E-state index is 10.4. The molecule has 1 nitrogen and oxygen atoms in total. The molecule has 3 unspecified atom stereocenters. The molecule has 1 fully saturated rings. The van der Waals surface area contributed by atoms with Gasteiger partial charge in [0.15, 0.2) is 0 Å². The van der Waals surface area contributed by atoms with Gasteiger partial charge in [-0.15, -0.1) is 0 Å². The zero-order valence-electron chi connectivity index (χ0n) is 11.1. The molecule has 0 spiro atoms. The minimum absolute atomic E-state index is 0.182. The average Bonchev–Trinajstić information content (AvgIpc) is 2.41. The second-order valence-electron chi connectivity index (χ2n) is 5.56. The highest BCUT2D eigenvalue weighted by Gasteiger charge is 2.26. The van der Waals surface area contributed by atoms with Gasteiger partial charge in [-0.3, -0.25) is 0 Å². The zero-order chi connectivity index (χ0) is 13.0. The molecule has 1 aliphatic rings. The van der Waals surface area contributed by atoms with Gasteiger partial charge in [0, 0.05) is 4.47 Å². The van der Waals surface area contributed by atoms with E-state index in [1.165, 1.54) is 37.7 Å². The lowest BCUT2D eigenvalue weighted by molar-refractivity contribution is 0.0684. The van der Waals surface area contributed by atoms with Crippen molar-refractivity contribution in [2.24, 2.45) is 11.8 Å². The van der Waals surface area contributed by atoms with Crippen LogP contribution in [-0.2, 0) is 6.42 Å². The van der Waals surface area contributed by atoms with Gasteiger partial charge in [0.25, 0.3) is 0 Å². The first-order valence-corrected chi connectivity index (χ1v) is 7.91. The Morgan fingerprint density at radius 3 is 2.83 bits per heavy atom. The Morgan fingerprint density at radius 1 is 1.33 bits per heavy atom. The first kappa shape index (κ1) is 14.1. The molecule has 1 aliphatic carbocycles. The number of halogens is 1. The van der Waals surface area contributed by atoms with Crippen LogP contribution in [0.5, 0.6) is 0 Å². The molecular weight excluding hydrogens is 288 g/mol. The number of hydrogen-bond acceptors (Lipinski definition) is 1. The summed E-state index contributed by atoms with van der Waals surface area (Å²) in [5, 5.41) is 10.4. The maximum Gasteiger partial charge on any atom is 0.0609 e. The van der Waals surface area contributed by atoms with Crippen molar-refractivity contribution in [3.8, 4) is 0 Å².